The Morgan fingerprint density at radius 1 is 1.11 bits per heavy atom. The van der Waals surface area contributed by atoms with Gasteiger partial charge in [0.15, 0.2) is 5.82 Å². The normalized spacial score (nSPS) is 10.9. The van der Waals surface area contributed by atoms with Crippen LogP contribution in [0.4, 0.5) is 23.1 Å². The lowest BCUT2D eigenvalue weighted by molar-refractivity contribution is 0.415. The number of aromatic nitrogens is 3. The van der Waals surface area contributed by atoms with Crippen LogP contribution < -0.4 is 15.4 Å². The summed E-state index contributed by atoms with van der Waals surface area (Å²) in [6.45, 7) is 1.95. The van der Waals surface area contributed by atoms with E-state index < -0.39 is 0 Å². The number of hydrogen-bond donors (Lipinski definition) is 2. The Kier molecular flexibility index (Phi) is 4.33. The van der Waals surface area contributed by atoms with Crippen molar-refractivity contribution in [3.63, 3.8) is 0 Å². The molecule has 0 radical (unpaired) electrons. The summed E-state index contributed by atoms with van der Waals surface area (Å²) in [6, 6.07) is 17.1. The average Bonchev–Trinajstić information content (AvgIpc) is 3.07. The van der Waals surface area contributed by atoms with Crippen molar-refractivity contribution in [2.45, 2.75) is 6.92 Å². The fourth-order valence-corrected chi connectivity index (χ4v) is 3.22. The first-order chi connectivity index (χ1) is 13.0. The minimum atomic E-state index is 0.407. The van der Waals surface area contributed by atoms with Crippen molar-refractivity contribution in [3.05, 3.63) is 65.3 Å². The molecule has 6 nitrogen and oxygen atoms in total. The van der Waals surface area contributed by atoms with Crippen molar-refractivity contribution in [2.24, 2.45) is 0 Å². The third-order valence-electron chi connectivity index (χ3n) is 4.24. The lowest BCUT2D eigenvalue weighted by Gasteiger charge is -2.23. The summed E-state index contributed by atoms with van der Waals surface area (Å²) in [5.74, 6) is 2.53. The van der Waals surface area contributed by atoms with E-state index in [4.69, 9.17) is 22.1 Å². The minimum absolute atomic E-state index is 0.407. The minimum Gasteiger partial charge on any atom is -0.497 e. The van der Waals surface area contributed by atoms with Crippen LogP contribution in [-0.4, -0.2) is 22.3 Å². The monoisotopic (exact) mass is 379 g/mol. The molecule has 2 heterocycles. The summed E-state index contributed by atoms with van der Waals surface area (Å²) < 4.78 is 5.34. The molecule has 4 aromatic rings. The number of anilines is 4. The zero-order valence-electron chi connectivity index (χ0n) is 14.9. The third kappa shape index (κ3) is 3.27. The number of aromatic amines is 1. The zero-order chi connectivity index (χ0) is 19.0. The van der Waals surface area contributed by atoms with E-state index in [0.29, 0.717) is 22.5 Å². The molecule has 0 amide bonds. The maximum absolute atomic E-state index is 6.24. The van der Waals surface area contributed by atoms with Crippen LogP contribution in [0.5, 0.6) is 5.75 Å². The Labute approximate surface area is 161 Å². The van der Waals surface area contributed by atoms with E-state index in [1.54, 1.807) is 7.11 Å². The molecule has 0 saturated heterocycles. The van der Waals surface area contributed by atoms with E-state index in [2.05, 4.69) is 15.2 Å². The summed E-state index contributed by atoms with van der Waals surface area (Å²) in [7, 11) is 1.64. The van der Waals surface area contributed by atoms with Gasteiger partial charge in [-0.2, -0.15) is 5.10 Å². The smallest absolute Gasteiger partial charge is 0.160 e. The van der Waals surface area contributed by atoms with E-state index in [1.165, 1.54) is 0 Å². The van der Waals surface area contributed by atoms with Gasteiger partial charge in [0.2, 0.25) is 0 Å². The maximum atomic E-state index is 6.24. The van der Waals surface area contributed by atoms with Crippen LogP contribution in [0.3, 0.4) is 0 Å². The maximum Gasteiger partial charge on any atom is 0.160 e. The molecular formula is C20H18ClN5O. The molecule has 0 unspecified atom stereocenters. The number of aryl methyl sites for hydroxylation is 1. The Morgan fingerprint density at radius 3 is 2.67 bits per heavy atom. The highest BCUT2D eigenvalue weighted by atomic mass is 35.5. The van der Waals surface area contributed by atoms with Gasteiger partial charge in [-0.3, -0.25) is 10.00 Å². The second-order valence-corrected chi connectivity index (χ2v) is 6.62. The number of pyridine rings is 1. The molecule has 27 heavy (non-hydrogen) atoms. The number of fused-ring (bicyclic) bond motifs is 1. The van der Waals surface area contributed by atoms with Crippen LogP contribution in [0, 0.1) is 6.92 Å². The average molecular weight is 380 g/mol. The van der Waals surface area contributed by atoms with Gasteiger partial charge in [0.05, 0.1) is 12.8 Å². The van der Waals surface area contributed by atoms with Gasteiger partial charge in [0.1, 0.15) is 17.4 Å². The number of nitrogens with zero attached hydrogens (tertiary/aromatic N) is 3. The molecule has 0 fully saturated rings. The van der Waals surface area contributed by atoms with Crippen molar-refractivity contribution in [3.8, 4) is 5.75 Å². The molecule has 4 rings (SSSR count). The molecular weight excluding hydrogens is 362 g/mol. The highest BCUT2D eigenvalue weighted by Gasteiger charge is 2.20. The number of halogens is 1. The fourth-order valence-electron chi connectivity index (χ4n) is 3.03. The van der Waals surface area contributed by atoms with Gasteiger partial charge in [0.25, 0.3) is 0 Å². The molecule has 0 saturated carbocycles. The number of nitrogens with one attached hydrogen (secondary N) is 1. The van der Waals surface area contributed by atoms with Gasteiger partial charge < -0.3 is 10.5 Å². The van der Waals surface area contributed by atoms with Crippen LogP contribution in [0.2, 0.25) is 5.02 Å². The largest absolute Gasteiger partial charge is 0.497 e. The summed E-state index contributed by atoms with van der Waals surface area (Å²) in [5, 5.41) is 9.88. The quantitative estimate of drug-likeness (QED) is 0.522. The van der Waals surface area contributed by atoms with Crippen molar-refractivity contribution >= 4 is 45.5 Å². The van der Waals surface area contributed by atoms with Crippen LogP contribution in [0.25, 0.3) is 10.8 Å². The molecule has 2 aromatic carbocycles. The van der Waals surface area contributed by atoms with Crippen LogP contribution in [0.15, 0.2) is 54.6 Å². The molecule has 0 bridgehead atoms. The number of rotatable bonds is 4. The van der Waals surface area contributed by atoms with E-state index in [1.807, 2.05) is 66.4 Å². The van der Waals surface area contributed by atoms with Gasteiger partial charge in [-0.1, -0.05) is 17.7 Å². The molecule has 0 spiro atoms. The van der Waals surface area contributed by atoms with Crippen molar-refractivity contribution in [1.82, 2.24) is 15.2 Å². The fraction of sp³-hybridized carbons (Fsp3) is 0.100. The summed E-state index contributed by atoms with van der Waals surface area (Å²) in [5.41, 5.74) is 7.89. The van der Waals surface area contributed by atoms with Crippen LogP contribution >= 0.6 is 11.6 Å². The van der Waals surface area contributed by atoms with Crippen molar-refractivity contribution in [1.29, 1.82) is 0 Å². The van der Waals surface area contributed by atoms with Gasteiger partial charge in [-0.15, -0.1) is 0 Å². The van der Waals surface area contributed by atoms with E-state index >= 15 is 0 Å². The SMILES string of the molecule is COc1ccc2c(N(c3cccc(Cl)c3)c3cc(C)[nH]n3)nc(N)cc2c1. The number of nitrogen functional groups attached to an aromatic ring is 1. The Bertz CT molecular complexity index is 1120. The topological polar surface area (TPSA) is 80.1 Å². The van der Waals surface area contributed by atoms with Crippen LogP contribution in [-0.2, 0) is 0 Å². The predicted octanol–water partition coefficient (Wildman–Crippen LogP) is 4.98. The number of hydrogen-bond acceptors (Lipinski definition) is 5. The number of ether oxygens (including phenoxy) is 1. The van der Waals surface area contributed by atoms with Gasteiger partial charge in [-0.05, 0) is 54.8 Å². The van der Waals surface area contributed by atoms with Crippen LogP contribution in [0.1, 0.15) is 5.69 Å². The molecule has 0 aliphatic heterocycles. The summed E-state index contributed by atoms with van der Waals surface area (Å²) >= 11 is 6.24. The third-order valence-corrected chi connectivity index (χ3v) is 4.47. The first-order valence-corrected chi connectivity index (χ1v) is 8.75. The molecule has 0 aliphatic rings. The number of H-pyrrole nitrogens is 1. The summed E-state index contributed by atoms with van der Waals surface area (Å²) in [6.07, 6.45) is 0. The predicted molar refractivity (Wildman–Crippen MR) is 109 cm³/mol. The highest BCUT2D eigenvalue weighted by Crippen LogP contribution is 2.39. The van der Waals surface area contributed by atoms with Gasteiger partial charge in [0, 0.05) is 22.2 Å². The van der Waals surface area contributed by atoms with E-state index in [0.717, 1.165) is 27.9 Å². The first-order valence-electron chi connectivity index (χ1n) is 8.37. The Hall–Kier alpha value is -3.25. The molecule has 0 atom stereocenters. The second kappa shape index (κ2) is 6.81. The molecule has 3 N–H and O–H groups in total. The van der Waals surface area contributed by atoms with Gasteiger partial charge in [-0.25, -0.2) is 4.98 Å². The van der Waals surface area contributed by atoms with Crippen molar-refractivity contribution < 1.29 is 4.74 Å². The van der Waals surface area contributed by atoms with E-state index in [9.17, 15) is 0 Å². The lowest BCUT2D eigenvalue weighted by atomic mass is 10.1. The van der Waals surface area contributed by atoms with Gasteiger partial charge >= 0.3 is 0 Å². The highest BCUT2D eigenvalue weighted by molar-refractivity contribution is 6.30. The standard InChI is InChI=1S/C20H18ClN5O/c1-12-8-19(25-24-12)26(15-5-3-4-14(21)11-15)20-17-7-6-16(27-2)9-13(17)10-18(22)23-20/h3-11H,1-2H3,(H2,22,23)(H,24,25). The first kappa shape index (κ1) is 17.2. The van der Waals surface area contributed by atoms with E-state index in [-0.39, 0.29) is 0 Å². The second-order valence-electron chi connectivity index (χ2n) is 6.18. The Balaban J connectivity index is 2.00. The molecule has 136 valence electrons. The molecule has 2 aromatic heterocycles. The lowest BCUT2D eigenvalue weighted by Crippen LogP contribution is -2.13. The summed E-state index contributed by atoms with van der Waals surface area (Å²) in [4.78, 5) is 6.55. The molecule has 7 heteroatoms. The Morgan fingerprint density at radius 2 is 1.96 bits per heavy atom. The zero-order valence-corrected chi connectivity index (χ0v) is 15.7. The number of benzene rings is 2. The van der Waals surface area contributed by atoms with Crippen molar-refractivity contribution in [2.75, 3.05) is 17.7 Å². The number of nitrogens with two attached hydrogens (primary N) is 1. The molecule has 0 aliphatic carbocycles. The number of methoxy groups -OCH3 is 1.